The Kier molecular flexibility index (Phi) is 5.35. The predicted molar refractivity (Wildman–Crippen MR) is 81.3 cm³/mol. The molecule has 0 aliphatic carbocycles. The van der Waals surface area contributed by atoms with Gasteiger partial charge >= 0.3 is 6.36 Å². The lowest BCUT2D eigenvalue weighted by Gasteiger charge is -2.08. The molecular weight excluding hydrogens is 309 g/mol. The molecule has 0 N–H and O–H groups in total. The Bertz CT molecular complexity index is 678. The van der Waals surface area contributed by atoms with Gasteiger partial charge in [-0.1, -0.05) is 0 Å². The second-order valence-electron chi connectivity index (χ2n) is 4.38. The van der Waals surface area contributed by atoms with E-state index in [1.165, 1.54) is 30.5 Å². The van der Waals surface area contributed by atoms with Crippen LogP contribution in [0.25, 0.3) is 0 Å². The van der Waals surface area contributed by atoms with E-state index < -0.39 is 6.36 Å². The summed E-state index contributed by atoms with van der Waals surface area (Å²) < 4.78 is 44.9. The summed E-state index contributed by atoms with van der Waals surface area (Å²) in [5.41, 5.74) is 1.45. The van der Waals surface area contributed by atoms with Crippen molar-refractivity contribution in [2.45, 2.75) is 6.36 Å². The lowest BCUT2D eigenvalue weighted by Crippen LogP contribution is -2.16. The zero-order valence-corrected chi connectivity index (χ0v) is 12.1. The fraction of sp³-hybridized carbons (Fsp3) is 0.125. The molecule has 0 saturated heterocycles. The lowest BCUT2D eigenvalue weighted by atomic mass is 10.2. The van der Waals surface area contributed by atoms with E-state index in [4.69, 9.17) is 4.74 Å². The quantitative estimate of drug-likeness (QED) is 0.616. The van der Waals surface area contributed by atoms with Gasteiger partial charge in [0.2, 0.25) is 0 Å². The normalized spacial score (nSPS) is 12.0. The van der Waals surface area contributed by atoms with Crippen LogP contribution in [-0.2, 0) is 0 Å². The average Bonchev–Trinajstić information content (AvgIpc) is 2.52. The van der Waals surface area contributed by atoms with Gasteiger partial charge < -0.3 is 9.47 Å². The first kappa shape index (κ1) is 16.5. The van der Waals surface area contributed by atoms with Crippen molar-refractivity contribution in [1.82, 2.24) is 0 Å². The maximum absolute atomic E-state index is 12.0. The predicted octanol–water partition coefficient (Wildman–Crippen LogP) is 4.05. The van der Waals surface area contributed by atoms with Crippen molar-refractivity contribution >= 4 is 12.4 Å². The zero-order valence-electron chi connectivity index (χ0n) is 12.1. The van der Waals surface area contributed by atoms with Gasteiger partial charge in [-0.15, -0.1) is 13.2 Å². The second kappa shape index (κ2) is 7.44. The Morgan fingerprint density at radius 3 is 1.61 bits per heavy atom. The molecule has 2 rings (SSSR count). The highest BCUT2D eigenvalue weighted by atomic mass is 19.4. The Morgan fingerprint density at radius 2 is 1.22 bits per heavy atom. The van der Waals surface area contributed by atoms with Crippen molar-refractivity contribution in [2.24, 2.45) is 10.2 Å². The number of hydrogen-bond donors (Lipinski definition) is 0. The first-order chi connectivity index (χ1) is 11.0. The fourth-order valence-corrected chi connectivity index (χ4v) is 1.65. The van der Waals surface area contributed by atoms with Crippen LogP contribution < -0.4 is 9.47 Å². The summed E-state index contributed by atoms with van der Waals surface area (Å²) in [4.78, 5) is 0. The Morgan fingerprint density at radius 1 is 0.783 bits per heavy atom. The summed E-state index contributed by atoms with van der Waals surface area (Å²) in [7, 11) is 1.58. The van der Waals surface area contributed by atoms with E-state index in [9.17, 15) is 13.2 Å². The van der Waals surface area contributed by atoms with Gasteiger partial charge in [-0.3, -0.25) is 0 Å². The molecule has 0 amide bonds. The van der Waals surface area contributed by atoms with E-state index in [0.717, 1.165) is 11.3 Å². The molecular formula is C16H13F3N2O2. The largest absolute Gasteiger partial charge is 0.573 e. The van der Waals surface area contributed by atoms with Gasteiger partial charge in [0, 0.05) is 0 Å². The Labute approximate surface area is 130 Å². The van der Waals surface area contributed by atoms with Gasteiger partial charge in [0.05, 0.1) is 19.5 Å². The summed E-state index contributed by atoms with van der Waals surface area (Å²) in [6.45, 7) is 0. The molecule has 0 radical (unpaired) electrons. The number of rotatable bonds is 5. The third-order valence-electron chi connectivity index (χ3n) is 2.71. The van der Waals surface area contributed by atoms with Crippen molar-refractivity contribution in [1.29, 1.82) is 0 Å². The smallest absolute Gasteiger partial charge is 0.497 e. The molecule has 0 spiro atoms. The Balaban J connectivity index is 1.93. The molecule has 0 aliphatic heterocycles. The van der Waals surface area contributed by atoms with Gasteiger partial charge in [0.15, 0.2) is 0 Å². The number of ether oxygens (including phenoxy) is 2. The fourth-order valence-electron chi connectivity index (χ4n) is 1.65. The monoisotopic (exact) mass is 322 g/mol. The van der Waals surface area contributed by atoms with Gasteiger partial charge in [0.1, 0.15) is 11.5 Å². The summed E-state index contributed by atoms with van der Waals surface area (Å²) in [6.07, 6.45) is -1.72. The average molecular weight is 322 g/mol. The first-order valence-corrected chi connectivity index (χ1v) is 6.52. The van der Waals surface area contributed by atoms with Crippen LogP contribution in [0.4, 0.5) is 13.2 Å². The van der Waals surface area contributed by atoms with Gasteiger partial charge in [-0.25, -0.2) is 0 Å². The molecule has 0 bridgehead atoms. The number of halogens is 3. The molecule has 4 nitrogen and oxygen atoms in total. The SMILES string of the molecule is COc1ccc(C=NN=Cc2ccc(OC(F)(F)F)cc2)cc1. The number of hydrogen-bond acceptors (Lipinski definition) is 4. The van der Waals surface area contributed by atoms with Gasteiger partial charge in [0.25, 0.3) is 0 Å². The van der Waals surface area contributed by atoms with E-state index in [0.29, 0.717) is 5.56 Å². The van der Waals surface area contributed by atoms with E-state index in [2.05, 4.69) is 14.9 Å². The van der Waals surface area contributed by atoms with E-state index in [1.54, 1.807) is 25.5 Å². The molecule has 0 aliphatic rings. The molecule has 2 aromatic carbocycles. The molecule has 120 valence electrons. The summed E-state index contributed by atoms with van der Waals surface area (Å²) in [6, 6.07) is 12.6. The van der Waals surface area contributed by atoms with Crippen molar-refractivity contribution in [3.8, 4) is 11.5 Å². The van der Waals surface area contributed by atoms with Crippen molar-refractivity contribution < 1.29 is 22.6 Å². The lowest BCUT2D eigenvalue weighted by molar-refractivity contribution is -0.274. The topological polar surface area (TPSA) is 43.2 Å². The summed E-state index contributed by atoms with van der Waals surface area (Å²) >= 11 is 0. The third-order valence-corrected chi connectivity index (χ3v) is 2.71. The number of nitrogens with zero attached hydrogens (tertiary/aromatic N) is 2. The minimum absolute atomic E-state index is 0.281. The standard InChI is InChI=1S/C16H13F3N2O2/c1-22-14-6-2-12(3-7-14)10-20-21-11-13-4-8-15(9-5-13)23-16(17,18)19/h2-11H,1H3. The van der Waals surface area contributed by atoms with Crippen LogP contribution in [0.5, 0.6) is 11.5 Å². The second-order valence-corrected chi connectivity index (χ2v) is 4.38. The van der Waals surface area contributed by atoms with Crippen LogP contribution in [0.15, 0.2) is 58.7 Å². The molecule has 2 aromatic rings. The molecule has 7 heteroatoms. The Hall–Kier alpha value is -2.83. The van der Waals surface area contributed by atoms with Crippen LogP contribution in [0.1, 0.15) is 11.1 Å². The van der Waals surface area contributed by atoms with Gasteiger partial charge in [-0.2, -0.15) is 10.2 Å². The highest BCUT2D eigenvalue weighted by Crippen LogP contribution is 2.22. The molecule has 23 heavy (non-hydrogen) atoms. The van der Waals surface area contributed by atoms with E-state index >= 15 is 0 Å². The molecule has 0 fully saturated rings. The van der Waals surface area contributed by atoms with Crippen molar-refractivity contribution in [3.63, 3.8) is 0 Å². The highest BCUT2D eigenvalue weighted by molar-refractivity contribution is 5.82. The number of alkyl halides is 3. The summed E-state index contributed by atoms with van der Waals surface area (Å²) in [5, 5.41) is 7.70. The van der Waals surface area contributed by atoms with Crippen LogP contribution in [0.2, 0.25) is 0 Å². The molecule has 0 heterocycles. The van der Waals surface area contributed by atoms with Crippen molar-refractivity contribution in [3.05, 3.63) is 59.7 Å². The van der Waals surface area contributed by atoms with Gasteiger partial charge in [-0.05, 0) is 59.7 Å². The maximum atomic E-state index is 12.0. The van der Waals surface area contributed by atoms with E-state index in [-0.39, 0.29) is 5.75 Å². The van der Waals surface area contributed by atoms with Crippen LogP contribution in [0, 0.1) is 0 Å². The summed E-state index contributed by atoms with van der Waals surface area (Å²) in [5.74, 6) is 0.461. The minimum atomic E-state index is -4.70. The molecule has 0 atom stereocenters. The van der Waals surface area contributed by atoms with Crippen molar-refractivity contribution in [2.75, 3.05) is 7.11 Å². The first-order valence-electron chi connectivity index (χ1n) is 6.52. The molecule has 0 unspecified atom stereocenters. The van der Waals surface area contributed by atoms with Crippen LogP contribution >= 0.6 is 0 Å². The van der Waals surface area contributed by atoms with Crippen LogP contribution in [-0.4, -0.2) is 25.9 Å². The van der Waals surface area contributed by atoms with E-state index in [1.807, 2.05) is 12.1 Å². The van der Waals surface area contributed by atoms with Crippen LogP contribution in [0.3, 0.4) is 0 Å². The number of methoxy groups -OCH3 is 1. The molecule has 0 saturated carbocycles. The number of benzene rings is 2. The molecule has 0 aromatic heterocycles. The zero-order chi connectivity index (χ0) is 16.7. The highest BCUT2D eigenvalue weighted by Gasteiger charge is 2.30. The maximum Gasteiger partial charge on any atom is 0.573 e. The third kappa shape index (κ3) is 5.82. The minimum Gasteiger partial charge on any atom is -0.497 e.